The van der Waals surface area contributed by atoms with Gasteiger partial charge < -0.3 is 20.3 Å². The highest BCUT2D eigenvalue weighted by molar-refractivity contribution is 5.79. The van der Waals surface area contributed by atoms with E-state index in [4.69, 9.17) is 4.74 Å². The Bertz CT molecular complexity index is 582. The second kappa shape index (κ2) is 10.4. The summed E-state index contributed by atoms with van der Waals surface area (Å²) in [4.78, 5) is 6.70. The SMILES string of the molecule is CCCN1CCC(NC(=NC)NCCOc2ccc(C(F)(F)F)cc2)CC1. The van der Waals surface area contributed by atoms with Gasteiger partial charge in [0.05, 0.1) is 12.1 Å². The lowest BCUT2D eigenvalue weighted by molar-refractivity contribution is -0.137. The van der Waals surface area contributed by atoms with Gasteiger partial charge in [0, 0.05) is 26.2 Å². The first kappa shape index (κ1) is 21.3. The van der Waals surface area contributed by atoms with Crippen LogP contribution in [0.15, 0.2) is 29.3 Å². The average molecular weight is 386 g/mol. The summed E-state index contributed by atoms with van der Waals surface area (Å²) in [5, 5.41) is 6.60. The van der Waals surface area contributed by atoms with Crippen molar-refractivity contribution in [1.82, 2.24) is 15.5 Å². The van der Waals surface area contributed by atoms with Crippen molar-refractivity contribution in [2.24, 2.45) is 4.99 Å². The number of nitrogens with one attached hydrogen (secondary N) is 2. The van der Waals surface area contributed by atoms with Crippen LogP contribution in [0.2, 0.25) is 0 Å². The molecule has 1 fully saturated rings. The summed E-state index contributed by atoms with van der Waals surface area (Å²) < 4.78 is 43.1. The fraction of sp³-hybridized carbons (Fsp3) is 0.632. The van der Waals surface area contributed by atoms with E-state index in [2.05, 4.69) is 27.4 Å². The average Bonchev–Trinajstić information content (AvgIpc) is 2.65. The van der Waals surface area contributed by atoms with Gasteiger partial charge in [0.15, 0.2) is 5.96 Å². The zero-order valence-electron chi connectivity index (χ0n) is 16.0. The van der Waals surface area contributed by atoms with Crippen LogP contribution in [-0.4, -0.2) is 56.7 Å². The van der Waals surface area contributed by atoms with Crippen molar-refractivity contribution in [3.8, 4) is 5.75 Å². The van der Waals surface area contributed by atoms with Crippen molar-refractivity contribution in [3.63, 3.8) is 0 Å². The summed E-state index contributed by atoms with van der Waals surface area (Å²) >= 11 is 0. The molecule has 1 heterocycles. The minimum Gasteiger partial charge on any atom is -0.492 e. The molecule has 5 nitrogen and oxygen atoms in total. The molecule has 0 unspecified atom stereocenters. The summed E-state index contributed by atoms with van der Waals surface area (Å²) in [6.07, 6.45) is -0.976. The van der Waals surface area contributed by atoms with Crippen molar-refractivity contribution in [2.45, 2.75) is 38.4 Å². The Kier molecular flexibility index (Phi) is 8.22. The molecular weight excluding hydrogens is 357 g/mol. The third-order valence-electron chi connectivity index (χ3n) is 4.54. The zero-order chi connectivity index (χ0) is 19.7. The van der Waals surface area contributed by atoms with Crippen LogP contribution in [-0.2, 0) is 6.18 Å². The van der Waals surface area contributed by atoms with Crippen LogP contribution in [0.4, 0.5) is 13.2 Å². The maximum absolute atomic E-state index is 12.5. The molecule has 0 aliphatic carbocycles. The minimum atomic E-state index is -4.33. The van der Waals surface area contributed by atoms with Gasteiger partial charge in [-0.05, 0) is 50.1 Å². The maximum Gasteiger partial charge on any atom is 0.416 e. The lowest BCUT2D eigenvalue weighted by atomic mass is 10.1. The predicted molar refractivity (Wildman–Crippen MR) is 101 cm³/mol. The number of benzene rings is 1. The van der Waals surface area contributed by atoms with E-state index in [0.29, 0.717) is 24.9 Å². The Morgan fingerprint density at radius 3 is 2.44 bits per heavy atom. The van der Waals surface area contributed by atoms with Crippen LogP contribution in [0.25, 0.3) is 0 Å². The highest BCUT2D eigenvalue weighted by atomic mass is 19.4. The van der Waals surface area contributed by atoms with Gasteiger partial charge in [-0.25, -0.2) is 0 Å². The number of likely N-dealkylation sites (tertiary alicyclic amines) is 1. The smallest absolute Gasteiger partial charge is 0.416 e. The molecule has 8 heteroatoms. The fourth-order valence-electron chi connectivity index (χ4n) is 3.08. The molecule has 1 aliphatic heterocycles. The Balaban J connectivity index is 1.66. The lowest BCUT2D eigenvalue weighted by Crippen LogP contribution is -2.49. The normalized spacial score (nSPS) is 17.0. The molecular formula is C19H29F3N4O. The third kappa shape index (κ3) is 7.28. The maximum atomic E-state index is 12.5. The first-order valence-electron chi connectivity index (χ1n) is 9.42. The van der Waals surface area contributed by atoms with Crippen molar-refractivity contribution >= 4 is 5.96 Å². The van der Waals surface area contributed by atoms with Gasteiger partial charge in [0.2, 0.25) is 0 Å². The number of rotatable bonds is 7. The molecule has 152 valence electrons. The van der Waals surface area contributed by atoms with Gasteiger partial charge in [0.1, 0.15) is 12.4 Å². The van der Waals surface area contributed by atoms with Gasteiger partial charge in [0.25, 0.3) is 0 Å². The largest absolute Gasteiger partial charge is 0.492 e. The Morgan fingerprint density at radius 2 is 1.89 bits per heavy atom. The number of halogens is 3. The summed E-state index contributed by atoms with van der Waals surface area (Å²) in [6, 6.07) is 5.11. The van der Waals surface area contributed by atoms with E-state index in [1.165, 1.54) is 18.6 Å². The third-order valence-corrected chi connectivity index (χ3v) is 4.54. The second-order valence-corrected chi connectivity index (χ2v) is 6.63. The summed E-state index contributed by atoms with van der Waals surface area (Å²) in [6.45, 7) is 6.39. The van der Waals surface area contributed by atoms with E-state index in [0.717, 1.165) is 50.6 Å². The van der Waals surface area contributed by atoms with Crippen molar-refractivity contribution in [1.29, 1.82) is 0 Å². The summed E-state index contributed by atoms with van der Waals surface area (Å²) in [5.41, 5.74) is -0.678. The van der Waals surface area contributed by atoms with Crippen LogP contribution in [0.5, 0.6) is 5.75 Å². The molecule has 27 heavy (non-hydrogen) atoms. The van der Waals surface area contributed by atoms with E-state index in [1.54, 1.807) is 7.05 Å². The van der Waals surface area contributed by atoms with Gasteiger partial charge in [-0.15, -0.1) is 0 Å². The molecule has 0 amide bonds. The topological polar surface area (TPSA) is 48.9 Å². The number of hydrogen-bond donors (Lipinski definition) is 2. The predicted octanol–water partition coefficient (Wildman–Crippen LogP) is 3.12. The number of guanidine groups is 1. The molecule has 0 atom stereocenters. The van der Waals surface area contributed by atoms with Crippen molar-refractivity contribution in [3.05, 3.63) is 29.8 Å². The van der Waals surface area contributed by atoms with Gasteiger partial charge in [-0.2, -0.15) is 13.2 Å². The van der Waals surface area contributed by atoms with E-state index in [9.17, 15) is 13.2 Å². The highest BCUT2D eigenvalue weighted by Gasteiger charge is 2.30. The van der Waals surface area contributed by atoms with Crippen LogP contribution in [0, 0.1) is 0 Å². The first-order chi connectivity index (χ1) is 12.9. The summed E-state index contributed by atoms with van der Waals surface area (Å²) in [7, 11) is 1.72. The molecule has 1 aliphatic rings. The first-order valence-corrected chi connectivity index (χ1v) is 9.42. The van der Waals surface area contributed by atoms with Crippen LogP contribution in [0.1, 0.15) is 31.7 Å². The number of ether oxygens (including phenoxy) is 1. The lowest BCUT2D eigenvalue weighted by Gasteiger charge is -2.32. The van der Waals surface area contributed by atoms with Gasteiger partial charge in [-0.3, -0.25) is 4.99 Å². The van der Waals surface area contributed by atoms with Crippen LogP contribution >= 0.6 is 0 Å². The van der Waals surface area contributed by atoms with Crippen molar-refractivity contribution < 1.29 is 17.9 Å². The summed E-state index contributed by atoms with van der Waals surface area (Å²) in [5.74, 6) is 1.14. The number of aliphatic imine (C=N–C) groups is 1. The number of nitrogens with zero attached hydrogens (tertiary/aromatic N) is 2. The second-order valence-electron chi connectivity index (χ2n) is 6.63. The monoisotopic (exact) mass is 386 g/mol. The molecule has 0 saturated carbocycles. The number of hydrogen-bond acceptors (Lipinski definition) is 3. The Labute approximate surface area is 159 Å². The molecule has 2 N–H and O–H groups in total. The molecule has 1 aromatic rings. The zero-order valence-corrected chi connectivity index (χ0v) is 16.0. The Morgan fingerprint density at radius 1 is 1.22 bits per heavy atom. The number of piperidine rings is 1. The van der Waals surface area contributed by atoms with E-state index >= 15 is 0 Å². The molecule has 0 spiro atoms. The molecule has 0 radical (unpaired) electrons. The van der Waals surface area contributed by atoms with Gasteiger partial charge in [-0.1, -0.05) is 6.92 Å². The molecule has 0 bridgehead atoms. The number of alkyl halides is 3. The minimum absolute atomic E-state index is 0.334. The van der Waals surface area contributed by atoms with Crippen molar-refractivity contribution in [2.75, 3.05) is 39.8 Å². The van der Waals surface area contributed by atoms with E-state index in [-0.39, 0.29) is 0 Å². The molecule has 2 rings (SSSR count). The Hall–Kier alpha value is -1.96. The van der Waals surface area contributed by atoms with Crippen LogP contribution in [0.3, 0.4) is 0 Å². The molecule has 0 aromatic heterocycles. The van der Waals surface area contributed by atoms with E-state index < -0.39 is 11.7 Å². The quantitative estimate of drug-likeness (QED) is 0.430. The standard InChI is InChI=1S/C19H29F3N4O/c1-3-11-26-12-8-16(9-13-26)25-18(23-2)24-10-14-27-17-6-4-15(5-7-17)19(20,21)22/h4-7,16H,3,8-14H2,1-2H3,(H2,23,24,25). The molecule has 1 aromatic carbocycles. The van der Waals surface area contributed by atoms with Gasteiger partial charge >= 0.3 is 6.18 Å². The highest BCUT2D eigenvalue weighted by Crippen LogP contribution is 2.30. The molecule has 1 saturated heterocycles. The van der Waals surface area contributed by atoms with E-state index in [1.807, 2.05) is 0 Å². The fourth-order valence-corrected chi connectivity index (χ4v) is 3.08. The van der Waals surface area contributed by atoms with Crippen LogP contribution < -0.4 is 15.4 Å².